The maximum absolute atomic E-state index is 13.9. The van der Waals surface area contributed by atoms with E-state index in [-0.39, 0.29) is 12.2 Å². The normalized spacial score (nSPS) is 14.7. The summed E-state index contributed by atoms with van der Waals surface area (Å²) >= 11 is 1.26. The molecule has 0 bridgehead atoms. The molecule has 0 unspecified atom stereocenters. The summed E-state index contributed by atoms with van der Waals surface area (Å²) in [7, 11) is 3.17. The van der Waals surface area contributed by atoms with Gasteiger partial charge in [0, 0.05) is 0 Å². The number of thiazole rings is 1. The summed E-state index contributed by atoms with van der Waals surface area (Å²) in [6, 6.07) is 22.0. The first-order valence-electron chi connectivity index (χ1n) is 13.1. The minimum atomic E-state index is -0.693. The summed E-state index contributed by atoms with van der Waals surface area (Å²) in [6.07, 6.45) is 1.79. The molecule has 0 amide bonds. The second-order valence-corrected chi connectivity index (χ2v) is 10.3. The predicted octanol–water partition coefficient (Wildman–Crippen LogP) is 4.39. The maximum atomic E-state index is 13.9. The van der Waals surface area contributed by atoms with Crippen LogP contribution in [-0.2, 0) is 16.1 Å². The van der Waals surface area contributed by atoms with Crippen molar-refractivity contribution >= 4 is 23.4 Å². The fourth-order valence-corrected chi connectivity index (χ4v) is 5.72. The standard InChI is InChI=1S/C32H30N2O6S/c1-5-39-31(36)28-20(2)33-32-34(29(28)23-12-14-24(37-3)15-13-23)30(35)27(41-32)18-22-11-16-25(26(17-22)38-4)40-19-21-9-7-6-8-10-21/h6-18,29H,5,19H2,1-4H3/b27-18+/t29-/m0/s1. The molecule has 8 nitrogen and oxygen atoms in total. The summed E-state index contributed by atoms with van der Waals surface area (Å²) in [5, 5.41) is 0. The van der Waals surface area contributed by atoms with Crippen LogP contribution in [0.3, 0.4) is 0 Å². The summed E-state index contributed by atoms with van der Waals surface area (Å²) in [5.41, 5.74) is 3.14. The highest BCUT2D eigenvalue weighted by Crippen LogP contribution is 2.32. The van der Waals surface area contributed by atoms with Crippen molar-refractivity contribution in [2.75, 3.05) is 20.8 Å². The van der Waals surface area contributed by atoms with Gasteiger partial charge in [0.15, 0.2) is 16.3 Å². The molecule has 0 saturated carbocycles. The monoisotopic (exact) mass is 570 g/mol. The Morgan fingerprint density at radius 1 is 1.00 bits per heavy atom. The molecule has 210 valence electrons. The van der Waals surface area contributed by atoms with Crippen LogP contribution in [0.1, 0.15) is 36.6 Å². The second kappa shape index (κ2) is 12.3. The van der Waals surface area contributed by atoms with Gasteiger partial charge in [0.25, 0.3) is 5.56 Å². The number of ether oxygens (including phenoxy) is 4. The molecule has 3 aromatic carbocycles. The van der Waals surface area contributed by atoms with E-state index in [0.29, 0.717) is 44.5 Å². The molecular formula is C32H30N2O6S. The number of hydrogen-bond donors (Lipinski definition) is 0. The number of carbonyl (C=O) groups is 1. The Hall–Kier alpha value is -4.63. The summed E-state index contributed by atoms with van der Waals surface area (Å²) in [6.45, 7) is 4.13. The van der Waals surface area contributed by atoms with Crippen molar-refractivity contribution in [3.8, 4) is 17.2 Å². The zero-order valence-electron chi connectivity index (χ0n) is 23.2. The number of nitrogens with zero attached hydrogens (tertiary/aromatic N) is 2. The highest BCUT2D eigenvalue weighted by molar-refractivity contribution is 7.07. The van der Waals surface area contributed by atoms with Gasteiger partial charge in [-0.15, -0.1) is 0 Å². The number of methoxy groups -OCH3 is 2. The van der Waals surface area contributed by atoms with Gasteiger partial charge in [0.05, 0.1) is 42.7 Å². The molecule has 9 heteroatoms. The largest absolute Gasteiger partial charge is 0.497 e. The average Bonchev–Trinajstić information content (AvgIpc) is 3.30. The van der Waals surface area contributed by atoms with E-state index in [1.807, 2.05) is 60.7 Å². The molecule has 0 spiro atoms. The van der Waals surface area contributed by atoms with Crippen molar-refractivity contribution in [1.82, 2.24) is 4.57 Å². The first-order chi connectivity index (χ1) is 19.9. The lowest BCUT2D eigenvalue weighted by molar-refractivity contribution is -0.139. The Bertz CT molecular complexity index is 1770. The fraction of sp³-hybridized carbons (Fsp3) is 0.219. The predicted molar refractivity (Wildman–Crippen MR) is 157 cm³/mol. The van der Waals surface area contributed by atoms with Crippen LogP contribution in [0.15, 0.2) is 93.9 Å². The Labute approximate surface area is 241 Å². The SMILES string of the molecule is CCOC(=O)C1=C(C)N=c2s/c(=C/c3ccc(OCc4ccccc4)c(OC)c3)c(=O)n2[C@H]1c1ccc(OC)cc1. The number of aromatic nitrogens is 1. The van der Waals surface area contributed by atoms with E-state index in [9.17, 15) is 9.59 Å². The van der Waals surface area contributed by atoms with Crippen LogP contribution in [0.4, 0.5) is 0 Å². The van der Waals surface area contributed by atoms with Crippen molar-refractivity contribution in [2.24, 2.45) is 4.99 Å². The maximum Gasteiger partial charge on any atom is 0.338 e. The summed E-state index contributed by atoms with van der Waals surface area (Å²) in [4.78, 5) is 32.1. The Morgan fingerprint density at radius 2 is 1.76 bits per heavy atom. The number of allylic oxidation sites excluding steroid dienone is 1. The van der Waals surface area contributed by atoms with Gasteiger partial charge in [-0.25, -0.2) is 9.79 Å². The van der Waals surface area contributed by atoms with Gasteiger partial charge in [-0.05, 0) is 60.9 Å². The fourth-order valence-electron chi connectivity index (χ4n) is 4.67. The third-order valence-electron chi connectivity index (χ3n) is 6.67. The average molecular weight is 571 g/mol. The molecule has 1 aliphatic heterocycles. The Morgan fingerprint density at radius 3 is 2.44 bits per heavy atom. The second-order valence-electron chi connectivity index (χ2n) is 9.26. The van der Waals surface area contributed by atoms with E-state index in [0.717, 1.165) is 16.7 Å². The van der Waals surface area contributed by atoms with Crippen LogP contribution >= 0.6 is 11.3 Å². The molecule has 0 saturated heterocycles. The van der Waals surface area contributed by atoms with Crippen LogP contribution in [0.2, 0.25) is 0 Å². The van der Waals surface area contributed by atoms with Gasteiger partial charge < -0.3 is 18.9 Å². The minimum absolute atomic E-state index is 0.211. The van der Waals surface area contributed by atoms with E-state index < -0.39 is 12.0 Å². The molecule has 0 radical (unpaired) electrons. The number of carbonyl (C=O) groups excluding carboxylic acids is 1. The van der Waals surface area contributed by atoms with Gasteiger partial charge in [0.1, 0.15) is 12.4 Å². The van der Waals surface area contributed by atoms with Crippen LogP contribution in [0, 0.1) is 0 Å². The molecule has 1 aliphatic rings. The lowest BCUT2D eigenvalue weighted by Crippen LogP contribution is -2.39. The zero-order chi connectivity index (χ0) is 28.9. The number of rotatable bonds is 9. The van der Waals surface area contributed by atoms with Crippen LogP contribution in [0.25, 0.3) is 6.08 Å². The lowest BCUT2D eigenvalue weighted by Gasteiger charge is -2.24. The molecule has 2 heterocycles. The molecule has 1 atom stereocenters. The zero-order valence-corrected chi connectivity index (χ0v) is 24.1. The molecule has 0 N–H and O–H groups in total. The third-order valence-corrected chi connectivity index (χ3v) is 7.65. The Kier molecular flexibility index (Phi) is 8.35. The van der Waals surface area contributed by atoms with E-state index in [2.05, 4.69) is 4.99 Å². The number of benzene rings is 3. The van der Waals surface area contributed by atoms with Crippen molar-refractivity contribution < 1.29 is 23.7 Å². The first-order valence-corrected chi connectivity index (χ1v) is 13.9. The number of esters is 1. The molecule has 5 rings (SSSR count). The summed E-state index contributed by atoms with van der Waals surface area (Å²) < 4.78 is 24.3. The molecule has 0 aliphatic carbocycles. The summed E-state index contributed by atoms with van der Waals surface area (Å²) in [5.74, 6) is 1.33. The molecule has 0 fully saturated rings. The van der Waals surface area contributed by atoms with Gasteiger partial charge in [-0.2, -0.15) is 0 Å². The van der Waals surface area contributed by atoms with Gasteiger partial charge in [-0.3, -0.25) is 9.36 Å². The molecule has 41 heavy (non-hydrogen) atoms. The van der Waals surface area contributed by atoms with E-state index in [1.165, 1.54) is 11.3 Å². The molecular weight excluding hydrogens is 540 g/mol. The van der Waals surface area contributed by atoms with Gasteiger partial charge >= 0.3 is 5.97 Å². The van der Waals surface area contributed by atoms with Crippen LogP contribution in [0.5, 0.6) is 17.2 Å². The quantitative estimate of drug-likeness (QED) is 0.277. The van der Waals surface area contributed by atoms with Gasteiger partial charge in [0.2, 0.25) is 0 Å². The lowest BCUT2D eigenvalue weighted by atomic mass is 9.96. The number of hydrogen-bond acceptors (Lipinski definition) is 8. The Balaban J connectivity index is 1.55. The minimum Gasteiger partial charge on any atom is -0.497 e. The van der Waals surface area contributed by atoms with Crippen LogP contribution in [-0.4, -0.2) is 31.4 Å². The van der Waals surface area contributed by atoms with Crippen molar-refractivity contribution in [2.45, 2.75) is 26.5 Å². The van der Waals surface area contributed by atoms with E-state index in [1.54, 1.807) is 50.8 Å². The topological polar surface area (TPSA) is 88.4 Å². The highest BCUT2D eigenvalue weighted by Gasteiger charge is 2.33. The van der Waals surface area contributed by atoms with Crippen molar-refractivity contribution in [3.05, 3.63) is 120 Å². The highest BCUT2D eigenvalue weighted by atomic mass is 32.1. The number of fused-ring (bicyclic) bond motifs is 1. The molecule has 1 aromatic heterocycles. The smallest absolute Gasteiger partial charge is 0.338 e. The molecule has 4 aromatic rings. The van der Waals surface area contributed by atoms with Crippen molar-refractivity contribution in [1.29, 1.82) is 0 Å². The van der Waals surface area contributed by atoms with Crippen molar-refractivity contribution in [3.63, 3.8) is 0 Å². The first kappa shape index (κ1) is 27.9. The van der Waals surface area contributed by atoms with Gasteiger partial charge in [-0.1, -0.05) is 59.9 Å². The third kappa shape index (κ3) is 5.81. The van der Waals surface area contributed by atoms with Crippen LogP contribution < -0.4 is 29.1 Å². The van der Waals surface area contributed by atoms with E-state index in [4.69, 9.17) is 18.9 Å². The van der Waals surface area contributed by atoms with E-state index >= 15 is 0 Å².